The molecule has 1 N–H and O–H groups in total. The third kappa shape index (κ3) is 6.32. The minimum atomic E-state index is -2.35. The van der Waals surface area contributed by atoms with E-state index in [1.807, 2.05) is 25.2 Å². The zero-order valence-electron chi connectivity index (χ0n) is 21.0. The number of fused-ring (bicyclic) bond motifs is 1. The lowest BCUT2D eigenvalue weighted by Gasteiger charge is -2.43. The number of aldehydes is 1. The first-order chi connectivity index (χ1) is 14.8. The van der Waals surface area contributed by atoms with Crippen LogP contribution >= 0.6 is 0 Å². The number of carbonyl (C=O) groups is 2. The quantitative estimate of drug-likeness (QED) is 0.204. The molecule has 1 aromatic carbocycles. The molecule has 0 bridgehead atoms. The molecule has 0 aromatic heterocycles. The number of esters is 1. The third-order valence-corrected chi connectivity index (χ3v) is 10.3. The SMILES string of the molecule is CCCCOC(=O)CCCN1c2cc(CC(C)(C)[Si](C)(C)O)ccc2C(C=O)=CC1(C)C. The van der Waals surface area contributed by atoms with E-state index in [4.69, 9.17) is 4.74 Å². The van der Waals surface area contributed by atoms with Crippen LogP contribution < -0.4 is 4.90 Å². The molecule has 5 nitrogen and oxygen atoms in total. The van der Waals surface area contributed by atoms with Gasteiger partial charge in [-0.2, -0.15) is 0 Å². The second-order valence-electron chi connectivity index (χ2n) is 10.7. The Morgan fingerprint density at radius 2 is 1.94 bits per heavy atom. The minimum absolute atomic E-state index is 0.150. The Hall–Kier alpha value is -1.92. The van der Waals surface area contributed by atoms with Gasteiger partial charge in [0.15, 0.2) is 8.32 Å². The maximum atomic E-state index is 12.1. The van der Waals surface area contributed by atoms with Crippen molar-refractivity contribution in [3.63, 3.8) is 0 Å². The van der Waals surface area contributed by atoms with Crippen molar-refractivity contribution in [1.82, 2.24) is 0 Å². The molecule has 6 heteroatoms. The van der Waals surface area contributed by atoms with Gasteiger partial charge in [-0.25, -0.2) is 0 Å². The van der Waals surface area contributed by atoms with E-state index in [9.17, 15) is 14.4 Å². The summed E-state index contributed by atoms with van der Waals surface area (Å²) in [7, 11) is -2.35. The highest BCUT2D eigenvalue weighted by Gasteiger charge is 2.38. The molecule has 0 amide bonds. The minimum Gasteiger partial charge on any atom is -0.466 e. The fourth-order valence-corrected chi connectivity index (χ4v) is 4.65. The fourth-order valence-electron chi connectivity index (χ4n) is 4.02. The molecule has 0 saturated carbocycles. The van der Waals surface area contributed by atoms with Gasteiger partial charge in [0, 0.05) is 29.8 Å². The van der Waals surface area contributed by atoms with E-state index in [0.29, 0.717) is 31.6 Å². The average Bonchev–Trinajstić information content (AvgIpc) is 2.68. The summed E-state index contributed by atoms with van der Waals surface area (Å²) in [6, 6.07) is 6.25. The molecule has 0 unspecified atom stereocenters. The zero-order valence-corrected chi connectivity index (χ0v) is 22.0. The van der Waals surface area contributed by atoms with Gasteiger partial charge in [-0.15, -0.1) is 0 Å². The van der Waals surface area contributed by atoms with Gasteiger partial charge in [0.1, 0.15) is 6.29 Å². The summed E-state index contributed by atoms with van der Waals surface area (Å²) in [5.41, 5.74) is 3.43. The van der Waals surface area contributed by atoms with Gasteiger partial charge in [-0.1, -0.05) is 39.3 Å². The Morgan fingerprint density at radius 1 is 1.25 bits per heavy atom. The van der Waals surface area contributed by atoms with Gasteiger partial charge in [-0.3, -0.25) is 9.59 Å². The summed E-state index contributed by atoms with van der Waals surface area (Å²) in [5.74, 6) is -0.150. The summed E-state index contributed by atoms with van der Waals surface area (Å²) in [4.78, 5) is 36.9. The number of benzene rings is 1. The molecule has 0 spiro atoms. The Bertz CT molecular complexity index is 852. The van der Waals surface area contributed by atoms with Crippen LogP contribution in [-0.2, 0) is 20.7 Å². The second kappa shape index (κ2) is 10.3. The predicted octanol–water partition coefficient (Wildman–Crippen LogP) is 5.51. The molecule has 0 saturated heterocycles. The highest BCUT2D eigenvalue weighted by molar-refractivity contribution is 6.72. The lowest BCUT2D eigenvalue weighted by Crippen LogP contribution is -2.46. The number of ether oxygens (including phenoxy) is 1. The number of anilines is 1. The average molecular weight is 460 g/mol. The Labute approximate surface area is 195 Å². The molecule has 0 aliphatic carbocycles. The largest absolute Gasteiger partial charge is 0.466 e. The van der Waals surface area contributed by atoms with Crippen molar-refractivity contribution >= 4 is 31.8 Å². The van der Waals surface area contributed by atoms with Crippen LogP contribution in [0.25, 0.3) is 5.57 Å². The third-order valence-electron chi connectivity index (χ3n) is 6.82. The van der Waals surface area contributed by atoms with E-state index < -0.39 is 8.32 Å². The maximum absolute atomic E-state index is 12.1. The Balaban J connectivity index is 2.27. The molecule has 1 aliphatic rings. The van der Waals surface area contributed by atoms with E-state index in [1.54, 1.807) is 0 Å². The van der Waals surface area contributed by atoms with Crippen molar-refractivity contribution < 1.29 is 19.1 Å². The number of rotatable bonds is 11. The van der Waals surface area contributed by atoms with E-state index in [0.717, 1.165) is 42.4 Å². The summed E-state index contributed by atoms with van der Waals surface area (Å²) in [5, 5.41) is -0.179. The Kier molecular flexibility index (Phi) is 8.51. The summed E-state index contributed by atoms with van der Waals surface area (Å²) < 4.78 is 5.30. The first-order valence-corrected chi connectivity index (χ1v) is 14.7. The van der Waals surface area contributed by atoms with Crippen LogP contribution in [0.4, 0.5) is 5.69 Å². The first-order valence-electron chi connectivity index (χ1n) is 11.8. The predicted molar refractivity (Wildman–Crippen MR) is 134 cm³/mol. The van der Waals surface area contributed by atoms with Crippen molar-refractivity contribution in [3.8, 4) is 0 Å². The molecule has 178 valence electrons. The molecular formula is C26H41NO4Si. The van der Waals surface area contributed by atoms with Crippen LogP contribution in [0.2, 0.25) is 18.1 Å². The molecule has 1 heterocycles. The van der Waals surface area contributed by atoms with Crippen LogP contribution in [0.15, 0.2) is 24.3 Å². The zero-order chi connectivity index (χ0) is 24.2. The maximum Gasteiger partial charge on any atom is 0.305 e. The van der Waals surface area contributed by atoms with Gasteiger partial charge < -0.3 is 14.4 Å². The van der Waals surface area contributed by atoms with Gasteiger partial charge in [0.2, 0.25) is 0 Å². The van der Waals surface area contributed by atoms with Crippen LogP contribution in [0.1, 0.15) is 71.4 Å². The molecule has 1 aromatic rings. The molecular weight excluding hydrogens is 418 g/mol. The van der Waals surface area contributed by atoms with Crippen LogP contribution in [0, 0.1) is 0 Å². The number of carbonyl (C=O) groups excluding carboxylic acids is 2. The van der Waals surface area contributed by atoms with E-state index in [-0.39, 0.29) is 16.5 Å². The molecule has 0 fully saturated rings. The Morgan fingerprint density at radius 3 is 2.53 bits per heavy atom. The van der Waals surface area contributed by atoms with Crippen LogP contribution in [-0.4, -0.2) is 44.1 Å². The molecule has 2 rings (SSSR count). The van der Waals surface area contributed by atoms with Crippen molar-refractivity contribution in [2.75, 3.05) is 18.1 Å². The molecule has 0 radical (unpaired) electrons. The first kappa shape index (κ1) is 26.3. The molecule has 32 heavy (non-hydrogen) atoms. The van der Waals surface area contributed by atoms with Crippen molar-refractivity contribution in [1.29, 1.82) is 0 Å². The van der Waals surface area contributed by atoms with Crippen LogP contribution in [0.5, 0.6) is 0 Å². The number of unbranched alkanes of at least 4 members (excludes halogenated alkanes) is 1. The van der Waals surface area contributed by atoms with Crippen LogP contribution in [0.3, 0.4) is 0 Å². The summed E-state index contributed by atoms with van der Waals surface area (Å²) >= 11 is 0. The molecule has 1 aliphatic heterocycles. The van der Waals surface area contributed by atoms with Gasteiger partial charge in [0.25, 0.3) is 0 Å². The summed E-state index contributed by atoms with van der Waals surface area (Å²) in [6.45, 7) is 15.7. The van der Waals surface area contributed by atoms with E-state index in [1.165, 1.54) is 0 Å². The van der Waals surface area contributed by atoms with Gasteiger partial charge in [0.05, 0.1) is 12.1 Å². The second-order valence-corrected chi connectivity index (χ2v) is 15.1. The lowest BCUT2D eigenvalue weighted by atomic mass is 9.87. The topological polar surface area (TPSA) is 66.8 Å². The summed E-state index contributed by atoms with van der Waals surface area (Å²) in [6.07, 6.45) is 6.67. The highest BCUT2D eigenvalue weighted by Crippen LogP contribution is 2.42. The highest BCUT2D eigenvalue weighted by atomic mass is 28.4. The smallest absolute Gasteiger partial charge is 0.305 e. The fraction of sp³-hybridized carbons (Fsp3) is 0.615. The number of allylic oxidation sites excluding steroid dienone is 1. The normalized spacial score (nSPS) is 15.8. The number of hydrogen-bond acceptors (Lipinski definition) is 5. The molecule has 0 atom stereocenters. The van der Waals surface area contributed by atoms with Crippen molar-refractivity contribution in [2.45, 2.75) is 90.4 Å². The monoisotopic (exact) mass is 459 g/mol. The lowest BCUT2D eigenvalue weighted by molar-refractivity contribution is -0.143. The van der Waals surface area contributed by atoms with Gasteiger partial charge >= 0.3 is 5.97 Å². The van der Waals surface area contributed by atoms with Crippen molar-refractivity contribution in [2.24, 2.45) is 0 Å². The standard InChI is InChI=1S/C26H41NO4Si/c1-8-9-15-31-24(29)11-10-14-27-23-16-20(17-26(4,5)32(6,7)30)12-13-22(23)21(19-28)18-25(27,2)3/h12-13,16,18-19,30H,8-11,14-15,17H2,1-7H3. The number of hydrogen-bond donors (Lipinski definition) is 1. The number of nitrogens with zero attached hydrogens (tertiary/aromatic N) is 1. The van der Waals surface area contributed by atoms with E-state index in [2.05, 4.69) is 51.7 Å². The van der Waals surface area contributed by atoms with Gasteiger partial charge in [-0.05, 0) is 68.9 Å². The van der Waals surface area contributed by atoms with E-state index >= 15 is 0 Å². The van der Waals surface area contributed by atoms with Crippen molar-refractivity contribution in [3.05, 3.63) is 35.4 Å².